The van der Waals surface area contributed by atoms with Crippen molar-refractivity contribution in [1.29, 1.82) is 0 Å². The topological polar surface area (TPSA) is 94.8 Å². The summed E-state index contributed by atoms with van der Waals surface area (Å²) in [5.74, 6) is -0.592. The second-order valence-corrected chi connectivity index (χ2v) is 4.11. The molecule has 6 heteroatoms. The van der Waals surface area contributed by atoms with E-state index < -0.39 is 5.91 Å². The fourth-order valence-corrected chi connectivity index (χ4v) is 1.64. The van der Waals surface area contributed by atoms with Crippen LogP contribution in [0.3, 0.4) is 0 Å². The van der Waals surface area contributed by atoms with Gasteiger partial charge in [-0.15, -0.1) is 0 Å². The average molecular weight is 271 g/mol. The van der Waals surface area contributed by atoms with Gasteiger partial charge in [-0.1, -0.05) is 6.07 Å². The van der Waals surface area contributed by atoms with Gasteiger partial charge in [-0.05, 0) is 30.7 Å². The van der Waals surface area contributed by atoms with Gasteiger partial charge in [-0.3, -0.25) is 9.78 Å². The molecule has 20 heavy (non-hydrogen) atoms. The maximum atomic E-state index is 11.7. The Hall–Kier alpha value is -2.89. The van der Waals surface area contributed by atoms with E-state index in [2.05, 4.69) is 15.5 Å². The smallest absolute Gasteiger partial charge is 0.289 e. The van der Waals surface area contributed by atoms with Crippen molar-refractivity contribution in [2.45, 2.75) is 6.92 Å². The van der Waals surface area contributed by atoms with E-state index in [4.69, 9.17) is 0 Å². The van der Waals surface area contributed by atoms with Crippen LogP contribution in [0.1, 0.15) is 21.6 Å². The van der Waals surface area contributed by atoms with Crippen LogP contribution in [0.15, 0.2) is 41.6 Å². The van der Waals surface area contributed by atoms with E-state index in [1.165, 1.54) is 24.5 Å². The molecule has 0 spiro atoms. The number of aromatic nitrogens is 1. The largest absolute Gasteiger partial charge is 0.508 e. The van der Waals surface area contributed by atoms with Crippen molar-refractivity contribution in [2.24, 2.45) is 5.10 Å². The lowest BCUT2D eigenvalue weighted by Gasteiger charge is -2.04. The van der Waals surface area contributed by atoms with Crippen molar-refractivity contribution in [2.75, 3.05) is 0 Å². The maximum absolute atomic E-state index is 11.7. The number of aromatic hydroxyl groups is 2. The first kappa shape index (κ1) is 13.5. The summed E-state index contributed by atoms with van der Waals surface area (Å²) < 4.78 is 0. The Morgan fingerprint density at radius 1 is 1.35 bits per heavy atom. The van der Waals surface area contributed by atoms with Gasteiger partial charge in [0, 0.05) is 17.8 Å². The number of phenolic OH excluding ortho intramolecular Hbond substituents is 2. The molecular weight excluding hydrogens is 258 g/mol. The van der Waals surface area contributed by atoms with E-state index in [0.29, 0.717) is 11.1 Å². The Bertz CT molecular complexity index is 631. The highest BCUT2D eigenvalue weighted by Gasteiger charge is 2.06. The number of phenols is 2. The highest BCUT2D eigenvalue weighted by Crippen LogP contribution is 2.24. The molecular formula is C14H13N3O3. The third-order valence-corrected chi connectivity index (χ3v) is 2.61. The van der Waals surface area contributed by atoms with Crippen molar-refractivity contribution < 1.29 is 15.0 Å². The van der Waals surface area contributed by atoms with Crippen LogP contribution in [-0.4, -0.2) is 27.3 Å². The monoisotopic (exact) mass is 271 g/mol. The fourth-order valence-electron chi connectivity index (χ4n) is 1.64. The molecule has 0 bridgehead atoms. The summed E-state index contributed by atoms with van der Waals surface area (Å²) in [7, 11) is 0. The average Bonchev–Trinajstić information content (AvgIpc) is 2.42. The van der Waals surface area contributed by atoms with E-state index in [-0.39, 0.29) is 17.2 Å². The number of carbonyl (C=O) groups excluding carboxylic acids is 1. The first-order chi connectivity index (χ1) is 9.58. The number of carbonyl (C=O) groups is 1. The molecule has 0 saturated carbocycles. The third kappa shape index (κ3) is 3.11. The van der Waals surface area contributed by atoms with Crippen LogP contribution in [0.2, 0.25) is 0 Å². The van der Waals surface area contributed by atoms with Crippen LogP contribution < -0.4 is 5.43 Å². The minimum Gasteiger partial charge on any atom is -0.508 e. The number of hydrogen-bond donors (Lipinski definition) is 3. The number of amides is 1. The van der Waals surface area contributed by atoms with Gasteiger partial charge in [0.2, 0.25) is 0 Å². The number of nitrogens with one attached hydrogen (secondary N) is 1. The zero-order chi connectivity index (χ0) is 14.5. The van der Waals surface area contributed by atoms with E-state index in [0.717, 1.165) is 0 Å². The van der Waals surface area contributed by atoms with Crippen LogP contribution in [-0.2, 0) is 0 Å². The molecule has 0 atom stereocenters. The molecule has 1 amide bonds. The van der Waals surface area contributed by atoms with Crippen LogP contribution >= 0.6 is 0 Å². The maximum Gasteiger partial charge on any atom is 0.289 e. The minimum atomic E-state index is -0.447. The molecule has 0 fully saturated rings. The number of rotatable bonds is 3. The van der Waals surface area contributed by atoms with Crippen LogP contribution in [0.5, 0.6) is 11.5 Å². The normalized spacial score (nSPS) is 10.7. The van der Waals surface area contributed by atoms with E-state index in [1.54, 1.807) is 25.1 Å². The SMILES string of the molecule is Cc1cc(O)cc(O)c1/C=N/NC(=O)c1ccccn1. The van der Waals surface area contributed by atoms with E-state index in [1.807, 2.05) is 0 Å². The fraction of sp³-hybridized carbons (Fsp3) is 0.0714. The quantitative estimate of drug-likeness (QED) is 0.583. The molecule has 0 radical (unpaired) electrons. The molecule has 1 aromatic carbocycles. The number of benzene rings is 1. The van der Waals surface area contributed by atoms with Gasteiger partial charge in [0.05, 0.1) is 6.21 Å². The van der Waals surface area contributed by atoms with Crippen LogP contribution in [0.25, 0.3) is 0 Å². The minimum absolute atomic E-state index is 0.0327. The Labute approximate surface area is 115 Å². The van der Waals surface area contributed by atoms with Crippen LogP contribution in [0.4, 0.5) is 0 Å². The molecule has 0 aliphatic rings. The second kappa shape index (κ2) is 5.83. The van der Waals surface area contributed by atoms with Crippen molar-refractivity contribution in [3.63, 3.8) is 0 Å². The summed E-state index contributed by atoms with van der Waals surface area (Å²) in [5.41, 5.74) is 3.62. The van der Waals surface area contributed by atoms with Crippen molar-refractivity contribution in [3.05, 3.63) is 53.3 Å². The summed E-state index contributed by atoms with van der Waals surface area (Å²) in [4.78, 5) is 15.6. The van der Waals surface area contributed by atoms with Gasteiger partial charge >= 0.3 is 0 Å². The van der Waals surface area contributed by atoms with Crippen molar-refractivity contribution >= 4 is 12.1 Å². The molecule has 6 nitrogen and oxygen atoms in total. The summed E-state index contributed by atoms with van der Waals surface area (Å²) in [6, 6.07) is 7.66. The Kier molecular flexibility index (Phi) is 3.95. The number of nitrogens with zero attached hydrogens (tertiary/aromatic N) is 2. The molecule has 0 aliphatic carbocycles. The van der Waals surface area contributed by atoms with Crippen molar-refractivity contribution in [3.8, 4) is 11.5 Å². The molecule has 0 unspecified atom stereocenters. The summed E-state index contributed by atoms with van der Waals surface area (Å²) in [5, 5.41) is 22.7. The predicted octanol–water partition coefficient (Wildman–Crippen LogP) is 1.57. The standard InChI is InChI=1S/C14H13N3O3/c1-9-6-10(18)7-13(19)11(9)8-16-17-14(20)12-4-2-3-5-15-12/h2-8,18-19H,1H3,(H,17,20)/b16-8+. The Morgan fingerprint density at radius 2 is 2.15 bits per heavy atom. The molecule has 102 valence electrons. The first-order valence-electron chi connectivity index (χ1n) is 5.85. The van der Waals surface area contributed by atoms with Gasteiger partial charge < -0.3 is 10.2 Å². The third-order valence-electron chi connectivity index (χ3n) is 2.61. The van der Waals surface area contributed by atoms with Gasteiger partial charge in [0.1, 0.15) is 17.2 Å². The first-order valence-corrected chi connectivity index (χ1v) is 5.85. The second-order valence-electron chi connectivity index (χ2n) is 4.11. The predicted molar refractivity (Wildman–Crippen MR) is 73.8 cm³/mol. The highest BCUT2D eigenvalue weighted by molar-refractivity contribution is 5.93. The highest BCUT2D eigenvalue weighted by atomic mass is 16.3. The lowest BCUT2D eigenvalue weighted by atomic mass is 10.1. The van der Waals surface area contributed by atoms with Gasteiger partial charge in [0.15, 0.2) is 0 Å². The van der Waals surface area contributed by atoms with Gasteiger partial charge in [-0.25, -0.2) is 5.43 Å². The molecule has 2 aromatic rings. The van der Waals surface area contributed by atoms with Gasteiger partial charge in [-0.2, -0.15) is 5.10 Å². The molecule has 2 rings (SSSR count). The number of aryl methyl sites for hydroxylation is 1. The number of hydrazone groups is 1. The zero-order valence-corrected chi connectivity index (χ0v) is 10.7. The molecule has 3 N–H and O–H groups in total. The van der Waals surface area contributed by atoms with Crippen LogP contribution in [0, 0.1) is 6.92 Å². The number of hydrogen-bond acceptors (Lipinski definition) is 5. The van der Waals surface area contributed by atoms with E-state index in [9.17, 15) is 15.0 Å². The lowest BCUT2D eigenvalue weighted by molar-refractivity contribution is 0.0950. The summed E-state index contributed by atoms with van der Waals surface area (Å²) >= 11 is 0. The molecule has 1 aromatic heterocycles. The molecule has 1 heterocycles. The molecule has 0 aliphatic heterocycles. The van der Waals surface area contributed by atoms with E-state index >= 15 is 0 Å². The number of pyridine rings is 1. The summed E-state index contributed by atoms with van der Waals surface area (Å²) in [6.45, 7) is 1.71. The Morgan fingerprint density at radius 3 is 2.80 bits per heavy atom. The van der Waals surface area contributed by atoms with Crippen molar-refractivity contribution in [1.82, 2.24) is 10.4 Å². The molecule has 0 saturated heterocycles. The van der Waals surface area contributed by atoms with Gasteiger partial charge in [0.25, 0.3) is 5.91 Å². The zero-order valence-electron chi connectivity index (χ0n) is 10.7. The lowest BCUT2D eigenvalue weighted by Crippen LogP contribution is -2.18. The Balaban J connectivity index is 2.10. The summed E-state index contributed by atoms with van der Waals surface area (Å²) in [6.07, 6.45) is 2.82.